The molecule has 0 saturated heterocycles. The van der Waals surface area contributed by atoms with E-state index in [1.165, 1.54) is 77.0 Å². The van der Waals surface area contributed by atoms with Crippen molar-refractivity contribution in [3.63, 3.8) is 0 Å². The normalized spacial score (nSPS) is 10.8. The monoisotopic (exact) mass is 348 g/mol. The highest BCUT2D eigenvalue weighted by Crippen LogP contribution is 2.13. The molecule has 0 radical (unpaired) electrons. The quantitative estimate of drug-likeness (QED) is 0.332. The fourth-order valence-electron chi connectivity index (χ4n) is 3.05. The maximum absolute atomic E-state index is 9.04. The van der Waals surface area contributed by atoms with Gasteiger partial charge in [-0.05, 0) is 24.0 Å². The molecule has 0 atom stereocenters. The molecule has 3 nitrogen and oxygen atoms in total. The van der Waals surface area contributed by atoms with Gasteiger partial charge in [-0.2, -0.15) is 0 Å². The van der Waals surface area contributed by atoms with Gasteiger partial charge < -0.3 is 14.8 Å². The van der Waals surface area contributed by atoms with Crippen molar-refractivity contribution in [1.82, 2.24) is 0 Å². The van der Waals surface area contributed by atoms with E-state index < -0.39 is 7.12 Å². The minimum Gasteiger partial charge on any atom is -0.494 e. The molecule has 1 aromatic rings. The van der Waals surface area contributed by atoms with E-state index in [4.69, 9.17) is 14.8 Å². The molecule has 0 aromatic heterocycles. The van der Waals surface area contributed by atoms with Crippen LogP contribution in [0.2, 0.25) is 0 Å². The number of ether oxygens (including phenoxy) is 1. The fraction of sp³-hybridized carbons (Fsp3) is 0.714. The predicted molar refractivity (Wildman–Crippen MR) is 107 cm³/mol. The van der Waals surface area contributed by atoms with Gasteiger partial charge in [0.15, 0.2) is 0 Å². The molecule has 142 valence electrons. The Morgan fingerprint density at radius 2 is 1.12 bits per heavy atom. The SMILES string of the molecule is CCCCCCCCCCCCCCCOc1ccc(B(O)O)cc1. The van der Waals surface area contributed by atoms with E-state index in [1.807, 2.05) is 0 Å². The van der Waals surface area contributed by atoms with Crippen LogP contribution in [0.1, 0.15) is 90.4 Å². The van der Waals surface area contributed by atoms with Gasteiger partial charge in [-0.1, -0.05) is 96.1 Å². The number of hydrogen-bond acceptors (Lipinski definition) is 3. The molecule has 0 aliphatic heterocycles. The van der Waals surface area contributed by atoms with Crippen molar-refractivity contribution < 1.29 is 14.8 Å². The van der Waals surface area contributed by atoms with Crippen molar-refractivity contribution in [1.29, 1.82) is 0 Å². The van der Waals surface area contributed by atoms with E-state index in [1.54, 1.807) is 24.3 Å². The lowest BCUT2D eigenvalue weighted by molar-refractivity contribution is 0.304. The van der Waals surface area contributed by atoms with Gasteiger partial charge >= 0.3 is 7.12 Å². The second-order valence-electron chi connectivity index (χ2n) is 7.03. The summed E-state index contributed by atoms with van der Waals surface area (Å²) < 4.78 is 5.68. The highest BCUT2D eigenvalue weighted by Gasteiger charge is 2.09. The average Bonchev–Trinajstić information content (AvgIpc) is 2.62. The van der Waals surface area contributed by atoms with E-state index >= 15 is 0 Å². The van der Waals surface area contributed by atoms with Gasteiger partial charge in [-0.25, -0.2) is 0 Å². The Kier molecular flexibility index (Phi) is 13.5. The van der Waals surface area contributed by atoms with Gasteiger partial charge in [0.2, 0.25) is 0 Å². The zero-order chi connectivity index (χ0) is 18.2. The first-order valence-corrected chi connectivity index (χ1v) is 10.3. The Morgan fingerprint density at radius 1 is 0.680 bits per heavy atom. The molecule has 0 aliphatic carbocycles. The first-order valence-electron chi connectivity index (χ1n) is 10.3. The third kappa shape index (κ3) is 12.1. The summed E-state index contributed by atoms with van der Waals surface area (Å²) in [6.45, 7) is 3.01. The van der Waals surface area contributed by atoms with E-state index in [0.717, 1.165) is 18.8 Å². The number of benzene rings is 1. The van der Waals surface area contributed by atoms with Crippen LogP contribution in [0.15, 0.2) is 24.3 Å². The van der Waals surface area contributed by atoms with Crippen LogP contribution in [0.25, 0.3) is 0 Å². The summed E-state index contributed by atoms with van der Waals surface area (Å²) in [5.74, 6) is 0.795. The largest absolute Gasteiger partial charge is 0.494 e. The third-order valence-electron chi connectivity index (χ3n) is 4.69. The lowest BCUT2D eigenvalue weighted by Gasteiger charge is -2.07. The van der Waals surface area contributed by atoms with Crippen LogP contribution in [0, 0.1) is 0 Å². The lowest BCUT2D eigenvalue weighted by atomic mass is 9.80. The molecule has 0 heterocycles. The fourth-order valence-corrected chi connectivity index (χ4v) is 3.05. The summed E-state index contributed by atoms with van der Waals surface area (Å²) in [7, 11) is -1.41. The first kappa shape index (κ1) is 22.0. The van der Waals surface area contributed by atoms with Crippen LogP contribution in [0.3, 0.4) is 0 Å². The Balaban J connectivity index is 1.84. The molecule has 1 aromatic carbocycles. The van der Waals surface area contributed by atoms with Crippen molar-refractivity contribution in [2.24, 2.45) is 0 Å². The van der Waals surface area contributed by atoms with Gasteiger partial charge in [0.1, 0.15) is 5.75 Å². The molecule has 4 heteroatoms. The summed E-state index contributed by atoms with van der Waals surface area (Å²) in [6, 6.07) is 6.95. The topological polar surface area (TPSA) is 49.7 Å². The zero-order valence-corrected chi connectivity index (χ0v) is 16.1. The molecule has 1 rings (SSSR count). The van der Waals surface area contributed by atoms with Crippen molar-refractivity contribution in [3.05, 3.63) is 24.3 Å². The highest BCUT2D eigenvalue weighted by atomic mass is 16.5. The molecule has 0 unspecified atom stereocenters. The smallest absolute Gasteiger partial charge is 0.488 e. The first-order chi connectivity index (χ1) is 12.2. The van der Waals surface area contributed by atoms with Crippen molar-refractivity contribution in [3.8, 4) is 5.75 Å². The van der Waals surface area contributed by atoms with E-state index in [2.05, 4.69) is 6.92 Å². The maximum Gasteiger partial charge on any atom is 0.488 e. The van der Waals surface area contributed by atoms with Gasteiger partial charge in [0, 0.05) is 0 Å². The molecule has 0 aliphatic rings. The minimum absolute atomic E-state index is 0.494. The summed E-state index contributed by atoms with van der Waals surface area (Å²) in [6.07, 6.45) is 17.6. The minimum atomic E-state index is -1.41. The second-order valence-corrected chi connectivity index (χ2v) is 7.03. The van der Waals surface area contributed by atoms with Crippen LogP contribution < -0.4 is 10.2 Å². The molecule has 2 N–H and O–H groups in total. The number of hydrogen-bond donors (Lipinski definition) is 2. The second kappa shape index (κ2) is 15.3. The summed E-state index contributed by atoms with van der Waals surface area (Å²) >= 11 is 0. The number of rotatable bonds is 16. The Morgan fingerprint density at radius 3 is 1.56 bits per heavy atom. The van der Waals surface area contributed by atoms with Crippen molar-refractivity contribution in [2.45, 2.75) is 90.4 Å². The average molecular weight is 348 g/mol. The molecule has 0 amide bonds. The molecule has 0 bridgehead atoms. The predicted octanol–water partition coefficient (Wildman–Crippen LogP) is 4.84. The van der Waals surface area contributed by atoms with Crippen LogP contribution in [-0.2, 0) is 0 Å². The molecule has 0 spiro atoms. The molecular weight excluding hydrogens is 311 g/mol. The molecule has 0 saturated carbocycles. The number of unbranched alkanes of at least 4 members (excludes halogenated alkanes) is 12. The Labute approximate surface area is 155 Å². The third-order valence-corrected chi connectivity index (χ3v) is 4.69. The Bertz CT molecular complexity index is 406. The van der Waals surface area contributed by atoms with E-state index in [9.17, 15) is 0 Å². The maximum atomic E-state index is 9.04. The lowest BCUT2D eigenvalue weighted by Crippen LogP contribution is -2.29. The summed E-state index contributed by atoms with van der Waals surface area (Å²) in [4.78, 5) is 0. The standard InChI is InChI=1S/C21H37BO3/c1-2-3-4-5-6-7-8-9-10-11-12-13-14-19-25-21-17-15-20(16-18-21)22(23)24/h15-18,23-24H,2-14,19H2,1H3. The van der Waals surface area contributed by atoms with Gasteiger partial charge in [-0.3, -0.25) is 0 Å². The molecule has 25 heavy (non-hydrogen) atoms. The highest BCUT2D eigenvalue weighted by molar-refractivity contribution is 6.58. The molecular formula is C21H37BO3. The van der Waals surface area contributed by atoms with Gasteiger partial charge in [0.25, 0.3) is 0 Å². The van der Waals surface area contributed by atoms with Crippen molar-refractivity contribution >= 4 is 12.6 Å². The van der Waals surface area contributed by atoms with Crippen LogP contribution in [-0.4, -0.2) is 23.8 Å². The van der Waals surface area contributed by atoms with Crippen molar-refractivity contribution in [2.75, 3.05) is 6.61 Å². The van der Waals surface area contributed by atoms with Crippen LogP contribution in [0.4, 0.5) is 0 Å². The van der Waals surface area contributed by atoms with Crippen LogP contribution in [0.5, 0.6) is 5.75 Å². The van der Waals surface area contributed by atoms with E-state index in [-0.39, 0.29) is 0 Å². The molecule has 0 fully saturated rings. The van der Waals surface area contributed by atoms with Gasteiger partial charge in [0.05, 0.1) is 6.61 Å². The van der Waals surface area contributed by atoms with E-state index in [0.29, 0.717) is 5.46 Å². The van der Waals surface area contributed by atoms with Crippen LogP contribution >= 0.6 is 0 Å². The summed E-state index contributed by atoms with van der Waals surface area (Å²) in [5, 5.41) is 18.1. The summed E-state index contributed by atoms with van der Waals surface area (Å²) in [5.41, 5.74) is 0.494. The van der Waals surface area contributed by atoms with Gasteiger partial charge in [-0.15, -0.1) is 0 Å². The Hall–Kier alpha value is -0.995. The zero-order valence-electron chi connectivity index (χ0n) is 16.1.